The number of halogens is 1. The zero-order valence-corrected chi connectivity index (χ0v) is 16.3. The lowest BCUT2D eigenvalue weighted by Crippen LogP contribution is -2.46. The second kappa shape index (κ2) is 7.45. The van der Waals surface area contributed by atoms with Crippen molar-refractivity contribution >= 4 is 32.4 Å². The maximum atomic E-state index is 13.2. The molecule has 0 fully saturated rings. The minimum atomic E-state index is -3.75. The second-order valence-corrected chi connectivity index (χ2v) is 8.51. The van der Waals surface area contributed by atoms with Crippen molar-refractivity contribution in [1.82, 2.24) is 9.62 Å². The van der Waals surface area contributed by atoms with Crippen LogP contribution < -0.4 is 5.32 Å². The fraction of sp³-hybridized carbons (Fsp3) is 0.471. The van der Waals surface area contributed by atoms with E-state index in [1.807, 2.05) is 13.8 Å². The lowest BCUT2D eigenvalue weighted by atomic mass is 9.91. The van der Waals surface area contributed by atoms with Crippen LogP contribution in [0.5, 0.6) is 0 Å². The SMILES string of the molecule is COCCN1C(C)(C)C(C[N]C(C)=O)=C(c2ccc(Cl)cc2)S1(=O)=O. The molecule has 0 aliphatic carbocycles. The van der Waals surface area contributed by atoms with Gasteiger partial charge in [-0.1, -0.05) is 23.7 Å². The van der Waals surface area contributed by atoms with Crippen molar-refractivity contribution < 1.29 is 17.9 Å². The Hall–Kier alpha value is -1.41. The molecule has 2 rings (SSSR count). The number of carbonyl (C=O) groups is 1. The van der Waals surface area contributed by atoms with Crippen molar-refractivity contribution in [3.05, 3.63) is 40.4 Å². The largest absolute Gasteiger partial charge is 0.383 e. The van der Waals surface area contributed by atoms with Crippen LogP contribution in [-0.2, 0) is 19.6 Å². The van der Waals surface area contributed by atoms with Gasteiger partial charge in [-0.3, -0.25) is 4.79 Å². The first-order valence-electron chi connectivity index (χ1n) is 7.81. The van der Waals surface area contributed by atoms with Gasteiger partial charge in [0.2, 0.25) is 15.9 Å². The summed E-state index contributed by atoms with van der Waals surface area (Å²) >= 11 is 5.93. The first kappa shape index (κ1) is 19.9. The van der Waals surface area contributed by atoms with E-state index in [2.05, 4.69) is 5.32 Å². The van der Waals surface area contributed by atoms with E-state index in [4.69, 9.17) is 16.3 Å². The molecule has 0 aromatic heterocycles. The van der Waals surface area contributed by atoms with Crippen LogP contribution in [0, 0.1) is 0 Å². The summed E-state index contributed by atoms with van der Waals surface area (Å²) in [6, 6.07) is 6.62. The molecular weight excluding hydrogens is 364 g/mol. The van der Waals surface area contributed by atoms with Gasteiger partial charge in [-0.25, -0.2) is 13.7 Å². The highest BCUT2D eigenvalue weighted by Gasteiger charge is 2.50. The molecule has 0 atom stereocenters. The number of sulfonamides is 1. The highest BCUT2D eigenvalue weighted by molar-refractivity contribution is 7.98. The van der Waals surface area contributed by atoms with Crippen LogP contribution in [0.2, 0.25) is 5.02 Å². The van der Waals surface area contributed by atoms with E-state index in [0.29, 0.717) is 16.2 Å². The third kappa shape index (κ3) is 3.89. The molecule has 6 nitrogen and oxygen atoms in total. The van der Waals surface area contributed by atoms with Gasteiger partial charge in [0.25, 0.3) is 0 Å². The molecule has 8 heteroatoms. The number of rotatable bonds is 6. The quantitative estimate of drug-likeness (QED) is 0.752. The summed E-state index contributed by atoms with van der Waals surface area (Å²) in [5.74, 6) is -0.341. The fourth-order valence-corrected chi connectivity index (χ4v) is 5.38. The molecule has 0 unspecified atom stereocenters. The first-order valence-corrected chi connectivity index (χ1v) is 9.63. The van der Waals surface area contributed by atoms with E-state index in [1.54, 1.807) is 24.3 Å². The van der Waals surface area contributed by atoms with Gasteiger partial charge >= 0.3 is 0 Å². The van der Waals surface area contributed by atoms with E-state index >= 15 is 0 Å². The molecule has 1 radical (unpaired) electrons. The lowest BCUT2D eigenvalue weighted by Gasteiger charge is -2.32. The maximum absolute atomic E-state index is 13.2. The Morgan fingerprint density at radius 1 is 1.28 bits per heavy atom. The number of carbonyl (C=O) groups excluding carboxylic acids is 1. The van der Waals surface area contributed by atoms with Gasteiger partial charge in [0.1, 0.15) is 0 Å². The monoisotopic (exact) mass is 385 g/mol. The van der Waals surface area contributed by atoms with E-state index in [-0.39, 0.29) is 30.5 Å². The van der Waals surface area contributed by atoms with Crippen LogP contribution in [0.25, 0.3) is 4.91 Å². The molecule has 1 heterocycles. The van der Waals surface area contributed by atoms with Gasteiger partial charge in [-0.05, 0) is 37.1 Å². The number of ether oxygens (including phenoxy) is 1. The van der Waals surface area contributed by atoms with Crippen molar-refractivity contribution in [3.63, 3.8) is 0 Å². The number of hydrogen-bond donors (Lipinski definition) is 0. The van der Waals surface area contributed by atoms with Gasteiger partial charge in [-0.2, -0.15) is 4.31 Å². The van der Waals surface area contributed by atoms with Crippen molar-refractivity contribution in [2.75, 3.05) is 26.8 Å². The molecule has 0 N–H and O–H groups in total. The van der Waals surface area contributed by atoms with Crippen LogP contribution in [0.3, 0.4) is 0 Å². The molecule has 1 amide bonds. The molecule has 25 heavy (non-hydrogen) atoms. The summed E-state index contributed by atoms with van der Waals surface area (Å²) < 4.78 is 32.9. The second-order valence-electron chi connectivity index (χ2n) is 6.28. The molecule has 0 saturated heterocycles. The normalized spacial score (nSPS) is 19.2. The van der Waals surface area contributed by atoms with Crippen molar-refractivity contribution in [2.45, 2.75) is 26.3 Å². The first-order chi connectivity index (χ1) is 11.6. The molecule has 1 aromatic rings. The standard InChI is InChI=1S/C17H22ClN2O4S/c1-12(21)19-11-15-16(13-5-7-14(18)8-6-13)25(22,23)20(9-10-24-4)17(15,2)3/h5-8H,9-11H2,1-4H3. The predicted octanol–water partition coefficient (Wildman–Crippen LogP) is 2.27. The minimum Gasteiger partial charge on any atom is -0.383 e. The average molecular weight is 386 g/mol. The van der Waals surface area contributed by atoms with E-state index in [1.165, 1.54) is 18.3 Å². The molecule has 137 valence electrons. The van der Waals surface area contributed by atoms with Crippen LogP contribution in [-0.4, -0.2) is 51.0 Å². The van der Waals surface area contributed by atoms with Crippen LogP contribution >= 0.6 is 11.6 Å². The number of hydrogen-bond acceptors (Lipinski definition) is 4. The van der Waals surface area contributed by atoms with Crippen LogP contribution in [0.1, 0.15) is 26.3 Å². The summed E-state index contributed by atoms with van der Waals surface area (Å²) in [6.07, 6.45) is 0. The average Bonchev–Trinajstić information content (AvgIpc) is 2.66. The van der Waals surface area contributed by atoms with Gasteiger partial charge < -0.3 is 4.74 Å². The van der Waals surface area contributed by atoms with Crippen molar-refractivity contribution in [2.24, 2.45) is 0 Å². The van der Waals surface area contributed by atoms with Crippen molar-refractivity contribution in [1.29, 1.82) is 0 Å². The third-order valence-electron chi connectivity index (χ3n) is 4.25. The van der Waals surface area contributed by atoms with Gasteiger partial charge in [0, 0.05) is 25.6 Å². The van der Waals surface area contributed by atoms with Crippen molar-refractivity contribution in [3.8, 4) is 0 Å². The zero-order valence-electron chi connectivity index (χ0n) is 14.7. The van der Waals surface area contributed by atoms with Crippen LogP contribution in [0.4, 0.5) is 0 Å². The molecule has 1 aromatic carbocycles. The predicted molar refractivity (Wildman–Crippen MR) is 97.6 cm³/mol. The molecule has 1 aliphatic heterocycles. The Morgan fingerprint density at radius 3 is 2.40 bits per heavy atom. The summed E-state index contributed by atoms with van der Waals surface area (Å²) in [5.41, 5.74) is 0.304. The number of amides is 1. The summed E-state index contributed by atoms with van der Waals surface area (Å²) in [7, 11) is -2.23. The summed E-state index contributed by atoms with van der Waals surface area (Å²) in [6.45, 7) is 5.49. The molecule has 0 saturated carbocycles. The van der Waals surface area contributed by atoms with Crippen LogP contribution in [0.15, 0.2) is 29.8 Å². The topological polar surface area (TPSA) is 77.8 Å². The number of benzene rings is 1. The number of methoxy groups -OCH3 is 1. The molecular formula is C17H22ClN2O4S. The highest BCUT2D eigenvalue weighted by atomic mass is 35.5. The summed E-state index contributed by atoms with van der Waals surface area (Å²) in [5, 5.41) is 4.45. The minimum absolute atomic E-state index is 0.0308. The Kier molecular flexibility index (Phi) is 5.93. The number of nitrogens with zero attached hydrogens (tertiary/aromatic N) is 2. The highest BCUT2D eigenvalue weighted by Crippen LogP contribution is 2.44. The Labute approximate surface area is 153 Å². The van der Waals surface area contributed by atoms with E-state index < -0.39 is 15.6 Å². The molecule has 0 spiro atoms. The van der Waals surface area contributed by atoms with Gasteiger partial charge in [0.15, 0.2) is 0 Å². The molecule has 1 aliphatic rings. The summed E-state index contributed by atoms with van der Waals surface area (Å²) in [4.78, 5) is 11.5. The molecule has 0 bridgehead atoms. The third-order valence-corrected chi connectivity index (χ3v) is 6.72. The van der Waals surface area contributed by atoms with Gasteiger partial charge in [0.05, 0.1) is 23.6 Å². The lowest BCUT2D eigenvalue weighted by molar-refractivity contribution is -0.119. The zero-order chi connectivity index (χ0) is 18.8. The smallest absolute Gasteiger partial charge is 0.244 e. The van der Waals surface area contributed by atoms with E-state index in [0.717, 1.165) is 0 Å². The van der Waals surface area contributed by atoms with Gasteiger partial charge in [-0.15, -0.1) is 0 Å². The Balaban J connectivity index is 2.61. The fourth-order valence-electron chi connectivity index (χ4n) is 2.95. The maximum Gasteiger partial charge on any atom is 0.244 e. The Bertz CT molecular complexity index is 785. The Morgan fingerprint density at radius 2 is 1.88 bits per heavy atom. The van der Waals surface area contributed by atoms with E-state index in [9.17, 15) is 13.2 Å².